The summed E-state index contributed by atoms with van der Waals surface area (Å²) in [4.78, 5) is 32.3. The first-order valence-corrected chi connectivity index (χ1v) is 10.7. The van der Waals surface area contributed by atoms with Crippen molar-refractivity contribution in [2.75, 3.05) is 53.5 Å². The molecular formula is C23H30N4O4. The lowest BCUT2D eigenvalue weighted by molar-refractivity contribution is -0.126. The van der Waals surface area contributed by atoms with Crippen LogP contribution in [0, 0.1) is 0 Å². The quantitative estimate of drug-likeness (QED) is 0.645. The largest absolute Gasteiger partial charge is 0.497 e. The van der Waals surface area contributed by atoms with Crippen LogP contribution in [0.1, 0.15) is 24.4 Å². The Morgan fingerprint density at radius 3 is 2.39 bits per heavy atom. The SMILES string of the molecule is C=CCN1C(=O)NC(c2cc(OC)cc(OC)c2)C2=C1CN(CCN1CCCC1)C2=O. The fraction of sp³-hybridized carbons (Fsp3) is 0.478. The summed E-state index contributed by atoms with van der Waals surface area (Å²) < 4.78 is 10.8. The molecule has 1 saturated heterocycles. The number of nitrogens with zero attached hydrogens (tertiary/aromatic N) is 3. The predicted octanol–water partition coefficient (Wildman–Crippen LogP) is 2.15. The number of carbonyl (C=O) groups is 2. The van der Waals surface area contributed by atoms with Crippen molar-refractivity contribution in [3.63, 3.8) is 0 Å². The molecule has 8 nitrogen and oxygen atoms in total. The van der Waals surface area contributed by atoms with E-state index in [-0.39, 0.29) is 11.9 Å². The minimum absolute atomic E-state index is 0.0324. The lowest BCUT2D eigenvalue weighted by atomic mass is 9.95. The van der Waals surface area contributed by atoms with Crippen LogP contribution in [0.4, 0.5) is 4.79 Å². The molecule has 0 aromatic heterocycles. The van der Waals surface area contributed by atoms with Crippen LogP contribution in [0.15, 0.2) is 42.1 Å². The van der Waals surface area contributed by atoms with Gasteiger partial charge in [0.25, 0.3) is 5.91 Å². The van der Waals surface area contributed by atoms with Crippen molar-refractivity contribution in [2.24, 2.45) is 0 Å². The fourth-order valence-electron chi connectivity index (χ4n) is 4.57. The van der Waals surface area contributed by atoms with Crippen molar-refractivity contribution in [3.8, 4) is 11.5 Å². The highest BCUT2D eigenvalue weighted by molar-refractivity contribution is 6.01. The van der Waals surface area contributed by atoms with E-state index in [2.05, 4.69) is 16.8 Å². The molecule has 0 radical (unpaired) electrons. The second-order valence-corrected chi connectivity index (χ2v) is 8.06. The minimum Gasteiger partial charge on any atom is -0.497 e. The van der Waals surface area contributed by atoms with E-state index in [4.69, 9.17) is 9.47 Å². The van der Waals surface area contributed by atoms with Crippen LogP contribution in [0.2, 0.25) is 0 Å². The van der Waals surface area contributed by atoms with E-state index in [1.807, 2.05) is 17.0 Å². The maximum Gasteiger partial charge on any atom is 0.322 e. The number of amides is 3. The van der Waals surface area contributed by atoms with Crippen LogP contribution in [-0.4, -0.2) is 80.1 Å². The fourth-order valence-corrected chi connectivity index (χ4v) is 4.57. The number of carbonyl (C=O) groups excluding carboxylic acids is 2. The van der Waals surface area contributed by atoms with Gasteiger partial charge in [-0.15, -0.1) is 6.58 Å². The Balaban J connectivity index is 1.66. The third-order valence-corrected chi connectivity index (χ3v) is 6.20. The summed E-state index contributed by atoms with van der Waals surface area (Å²) in [6.07, 6.45) is 4.11. The first kappa shape index (κ1) is 21.2. The smallest absolute Gasteiger partial charge is 0.322 e. The van der Waals surface area contributed by atoms with Gasteiger partial charge in [-0.05, 0) is 43.6 Å². The molecule has 1 aromatic rings. The van der Waals surface area contributed by atoms with E-state index >= 15 is 0 Å². The van der Waals surface area contributed by atoms with Gasteiger partial charge >= 0.3 is 6.03 Å². The van der Waals surface area contributed by atoms with Crippen LogP contribution in [0.25, 0.3) is 0 Å². The molecule has 1 atom stereocenters. The minimum atomic E-state index is -0.558. The molecule has 1 fully saturated rings. The molecule has 8 heteroatoms. The van der Waals surface area contributed by atoms with E-state index in [0.29, 0.717) is 36.7 Å². The van der Waals surface area contributed by atoms with Crippen LogP contribution >= 0.6 is 0 Å². The average molecular weight is 427 g/mol. The van der Waals surface area contributed by atoms with Gasteiger partial charge in [0, 0.05) is 25.7 Å². The number of ether oxygens (including phenoxy) is 2. The molecule has 3 aliphatic heterocycles. The highest BCUT2D eigenvalue weighted by Gasteiger charge is 2.43. The summed E-state index contributed by atoms with van der Waals surface area (Å²) in [6, 6.07) is 4.64. The normalized spacial score (nSPS) is 21.4. The van der Waals surface area contributed by atoms with Gasteiger partial charge in [-0.2, -0.15) is 0 Å². The van der Waals surface area contributed by atoms with E-state index in [9.17, 15) is 9.59 Å². The highest BCUT2D eigenvalue weighted by Crippen LogP contribution is 2.38. The second kappa shape index (κ2) is 9.01. The molecule has 0 aliphatic carbocycles. The van der Waals surface area contributed by atoms with Crippen LogP contribution in [-0.2, 0) is 4.79 Å². The number of methoxy groups -OCH3 is 2. The number of benzene rings is 1. The van der Waals surface area contributed by atoms with Crippen molar-refractivity contribution in [2.45, 2.75) is 18.9 Å². The molecule has 1 N–H and O–H groups in total. The molecule has 3 heterocycles. The summed E-state index contributed by atoms with van der Waals surface area (Å²) in [6.45, 7) is 8.23. The van der Waals surface area contributed by atoms with Gasteiger partial charge in [0.15, 0.2) is 0 Å². The molecular weight excluding hydrogens is 396 g/mol. The van der Waals surface area contributed by atoms with E-state index < -0.39 is 6.04 Å². The Labute approximate surface area is 183 Å². The zero-order chi connectivity index (χ0) is 22.0. The molecule has 166 valence electrons. The topological polar surface area (TPSA) is 74.4 Å². The zero-order valence-electron chi connectivity index (χ0n) is 18.2. The van der Waals surface area contributed by atoms with E-state index in [0.717, 1.165) is 30.9 Å². The van der Waals surface area contributed by atoms with Crippen LogP contribution in [0.5, 0.6) is 11.5 Å². The lowest BCUT2D eigenvalue weighted by Crippen LogP contribution is -2.47. The maximum absolute atomic E-state index is 13.5. The Hall–Kier alpha value is -3.00. The summed E-state index contributed by atoms with van der Waals surface area (Å²) in [5.74, 6) is 1.18. The first-order chi connectivity index (χ1) is 15.0. The highest BCUT2D eigenvalue weighted by atomic mass is 16.5. The van der Waals surface area contributed by atoms with Gasteiger partial charge in [0.05, 0.1) is 38.1 Å². The molecule has 3 aliphatic rings. The molecule has 3 amide bonds. The third kappa shape index (κ3) is 4.12. The van der Waals surface area contributed by atoms with Crippen molar-refractivity contribution >= 4 is 11.9 Å². The molecule has 1 unspecified atom stereocenters. The molecule has 1 aromatic carbocycles. The number of likely N-dealkylation sites (tertiary alicyclic amines) is 1. The average Bonchev–Trinajstić information content (AvgIpc) is 3.41. The summed E-state index contributed by atoms with van der Waals surface area (Å²) in [5.41, 5.74) is 2.12. The van der Waals surface area contributed by atoms with E-state index in [1.165, 1.54) is 12.8 Å². The van der Waals surface area contributed by atoms with Gasteiger partial charge in [-0.3, -0.25) is 9.69 Å². The van der Waals surface area contributed by atoms with Crippen molar-refractivity contribution in [1.82, 2.24) is 20.0 Å². The molecule has 0 spiro atoms. The monoisotopic (exact) mass is 426 g/mol. The Morgan fingerprint density at radius 1 is 1.10 bits per heavy atom. The predicted molar refractivity (Wildman–Crippen MR) is 117 cm³/mol. The van der Waals surface area contributed by atoms with Gasteiger partial charge in [0.1, 0.15) is 11.5 Å². The third-order valence-electron chi connectivity index (χ3n) is 6.20. The summed E-state index contributed by atoms with van der Waals surface area (Å²) in [5, 5.41) is 3.00. The van der Waals surface area contributed by atoms with Crippen molar-refractivity contribution < 1.29 is 19.1 Å². The summed E-state index contributed by atoms with van der Waals surface area (Å²) >= 11 is 0. The van der Waals surface area contributed by atoms with Gasteiger partial charge in [-0.25, -0.2) is 4.79 Å². The standard InChI is InChI=1S/C23H30N4O4/c1-4-7-27-19-15-26(11-10-25-8-5-6-9-25)22(28)20(19)21(24-23(27)29)16-12-17(30-2)14-18(13-16)31-3/h4,12-14,21H,1,5-11,15H2,2-3H3,(H,24,29). The van der Waals surface area contributed by atoms with Gasteiger partial charge < -0.3 is 24.6 Å². The molecule has 4 rings (SSSR count). The Bertz CT molecular complexity index is 885. The van der Waals surface area contributed by atoms with Crippen molar-refractivity contribution in [1.29, 1.82) is 0 Å². The molecule has 31 heavy (non-hydrogen) atoms. The van der Waals surface area contributed by atoms with Gasteiger partial charge in [-0.1, -0.05) is 6.08 Å². The maximum atomic E-state index is 13.5. The number of urea groups is 1. The zero-order valence-corrected chi connectivity index (χ0v) is 18.2. The second-order valence-electron chi connectivity index (χ2n) is 8.06. The van der Waals surface area contributed by atoms with Crippen molar-refractivity contribution in [3.05, 3.63) is 47.7 Å². The van der Waals surface area contributed by atoms with Crippen LogP contribution in [0.3, 0.4) is 0 Å². The number of nitrogens with one attached hydrogen (secondary N) is 1. The van der Waals surface area contributed by atoms with Gasteiger partial charge in [0.2, 0.25) is 0 Å². The number of hydrogen-bond donors (Lipinski definition) is 1. The van der Waals surface area contributed by atoms with E-state index in [1.54, 1.807) is 31.3 Å². The summed E-state index contributed by atoms with van der Waals surface area (Å²) in [7, 11) is 3.16. The molecule has 0 bridgehead atoms. The van der Waals surface area contributed by atoms with Crippen LogP contribution < -0.4 is 14.8 Å². The number of hydrogen-bond acceptors (Lipinski definition) is 5. The Kier molecular flexibility index (Phi) is 6.18. The Morgan fingerprint density at radius 2 is 1.77 bits per heavy atom. The number of rotatable bonds is 8. The first-order valence-electron chi connectivity index (χ1n) is 10.7. The lowest BCUT2D eigenvalue weighted by Gasteiger charge is -2.33. The molecule has 0 saturated carbocycles.